The minimum Gasteiger partial charge on any atom is -0.481 e. The maximum absolute atomic E-state index is 11.1. The Morgan fingerprint density at radius 2 is 2.11 bits per heavy atom. The van der Waals surface area contributed by atoms with E-state index in [2.05, 4.69) is 4.98 Å². The maximum Gasteiger partial charge on any atom is 0.310 e. The zero-order valence-electron chi connectivity index (χ0n) is 10.9. The molecule has 19 heavy (non-hydrogen) atoms. The summed E-state index contributed by atoms with van der Waals surface area (Å²) in [5.41, 5.74) is 1.84. The number of hydrogen-bond acceptors (Lipinski definition) is 4. The van der Waals surface area contributed by atoms with E-state index in [0.29, 0.717) is 6.42 Å². The van der Waals surface area contributed by atoms with Gasteiger partial charge in [0, 0.05) is 24.3 Å². The van der Waals surface area contributed by atoms with Crippen LogP contribution in [0, 0.1) is 0 Å². The first-order chi connectivity index (χ1) is 9.13. The van der Waals surface area contributed by atoms with Crippen molar-refractivity contribution >= 4 is 28.1 Å². The highest BCUT2D eigenvalue weighted by atomic mass is 32.1. The molecule has 2 aromatic rings. The zero-order chi connectivity index (χ0) is 13.8. The molecule has 0 fully saturated rings. The number of aromatic nitrogens is 1. The van der Waals surface area contributed by atoms with Gasteiger partial charge in [-0.2, -0.15) is 0 Å². The van der Waals surface area contributed by atoms with Crippen LogP contribution >= 0.6 is 11.3 Å². The second kappa shape index (κ2) is 5.84. The van der Waals surface area contributed by atoms with Crippen molar-refractivity contribution < 1.29 is 9.90 Å². The van der Waals surface area contributed by atoms with Gasteiger partial charge in [-0.3, -0.25) is 4.79 Å². The van der Waals surface area contributed by atoms with Gasteiger partial charge in [0.05, 0.1) is 5.92 Å². The fraction of sp³-hybridized carbons (Fsp3) is 0.286. The lowest BCUT2D eigenvalue weighted by molar-refractivity contribution is -0.138. The van der Waals surface area contributed by atoms with Gasteiger partial charge in [0.15, 0.2) is 5.13 Å². The fourth-order valence-corrected chi connectivity index (χ4v) is 2.60. The van der Waals surface area contributed by atoms with E-state index in [-0.39, 0.29) is 0 Å². The highest BCUT2D eigenvalue weighted by Crippen LogP contribution is 2.27. The number of aliphatic carboxylic acids is 1. The van der Waals surface area contributed by atoms with E-state index >= 15 is 0 Å². The zero-order valence-corrected chi connectivity index (χ0v) is 11.7. The van der Waals surface area contributed by atoms with Crippen molar-refractivity contribution in [3.63, 3.8) is 0 Å². The minimum atomic E-state index is -0.775. The molecule has 1 atom stereocenters. The van der Waals surface area contributed by atoms with Gasteiger partial charge >= 0.3 is 5.97 Å². The molecule has 0 saturated heterocycles. The van der Waals surface area contributed by atoms with Gasteiger partial charge in [-0.05, 0) is 24.1 Å². The summed E-state index contributed by atoms with van der Waals surface area (Å²) in [5.74, 6) is -1.21. The molecule has 0 aliphatic heterocycles. The standard InChI is InChI=1S/C14H16N2O2S/c1-3-12(13(17)18)10-4-6-11(7-5-10)16(2)14-15-8-9-19-14/h4-9,12H,3H2,1-2H3,(H,17,18). The van der Waals surface area contributed by atoms with Crippen molar-refractivity contribution in [1.82, 2.24) is 4.98 Å². The normalized spacial score (nSPS) is 12.1. The molecular weight excluding hydrogens is 260 g/mol. The van der Waals surface area contributed by atoms with Gasteiger partial charge in [-0.25, -0.2) is 4.98 Å². The Morgan fingerprint density at radius 1 is 1.42 bits per heavy atom. The van der Waals surface area contributed by atoms with Crippen LogP contribution in [0.5, 0.6) is 0 Å². The summed E-state index contributed by atoms with van der Waals surface area (Å²) in [5, 5.41) is 12.0. The molecule has 1 N–H and O–H groups in total. The maximum atomic E-state index is 11.1. The molecule has 0 saturated carbocycles. The topological polar surface area (TPSA) is 53.4 Å². The number of hydrogen-bond donors (Lipinski definition) is 1. The lowest BCUT2D eigenvalue weighted by atomic mass is 9.96. The van der Waals surface area contributed by atoms with E-state index in [4.69, 9.17) is 5.11 Å². The van der Waals surface area contributed by atoms with Crippen LogP contribution < -0.4 is 4.90 Å². The van der Waals surface area contributed by atoms with Crippen LogP contribution in [0.2, 0.25) is 0 Å². The lowest BCUT2D eigenvalue weighted by Gasteiger charge is -2.17. The SMILES string of the molecule is CCC(C(=O)O)c1ccc(N(C)c2nccs2)cc1. The van der Waals surface area contributed by atoms with Crippen molar-refractivity contribution in [2.24, 2.45) is 0 Å². The molecule has 0 radical (unpaired) electrons. The third-order valence-electron chi connectivity index (χ3n) is 3.10. The Bertz CT molecular complexity index is 537. The number of benzene rings is 1. The van der Waals surface area contributed by atoms with E-state index in [1.165, 1.54) is 0 Å². The second-order valence-corrected chi connectivity index (χ2v) is 5.14. The molecule has 100 valence electrons. The molecule has 2 rings (SSSR count). The molecule has 4 nitrogen and oxygen atoms in total. The first kappa shape index (κ1) is 13.5. The molecule has 1 heterocycles. The van der Waals surface area contributed by atoms with E-state index < -0.39 is 11.9 Å². The number of anilines is 2. The summed E-state index contributed by atoms with van der Waals surface area (Å²) < 4.78 is 0. The van der Waals surface area contributed by atoms with Gasteiger partial charge in [-0.15, -0.1) is 11.3 Å². The second-order valence-electron chi connectivity index (χ2n) is 4.26. The van der Waals surface area contributed by atoms with Crippen LogP contribution in [0.4, 0.5) is 10.8 Å². The van der Waals surface area contributed by atoms with Crippen molar-refractivity contribution in [3.05, 3.63) is 41.4 Å². The van der Waals surface area contributed by atoms with Crippen LogP contribution in [-0.2, 0) is 4.79 Å². The number of carboxylic acid groups (broad SMARTS) is 1. The van der Waals surface area contributed by atoms with Gasteiger partial charge in [-0.1, -0.05) is 19.1 Å². The monoisotopic (exact) mass is 276 g/mol. The first-order valence-electron chi connectivity index (χ1n) is 6.09. The highest BCUT2D eigenvalue weighted by Gasteiger charge is 2.17. The summed E-state index contributed by atoms with van der Waals surface area (Å²) in [6.45, 7) is 1.88. The van der Waals surface area contributed by atoms with Gasteiger partial charge in [0.1, 0.15) is 0 Å². The van der Waals surface area contributed by atoms with Gasteiger partial charge in [0.2, 0.25) is 0 Å². The number of carbonyl (C=O) groups is 1. The summed E-state index contributed by atoms with van der Waals surface area (Å²) >= 11 is 1.57. The molecule has 0 bridgehead atoms. The van der Waals surface area contributed by atoms with Crippen LogP contribution in [0.3, 0.4) is 0 Å². The summed E-state index contributed by atoms with van der Waals surface area (Å²) in [4.78, 5) is 17.3. The van der Waals surface area contributed by atoms with Crippen molar-refractivity contribution in [2.45, 2.75) is 19.3 Å². The predicted molar refractivity (Wildman–Crippen MR) is 77.3 cm³/mol. The Kier molecular flexibility index (Phi) is 4.16. The molecule has 1 aromatic carbocycles. The van der Waals surface area contributed by atoms with E-state index in [9.17, 15) is 4.79 Å². The van der Waals surface area contributed by atoms with Crippen molar-refractivity contribution in [1.29, 1.82) is 0 Å². The molecule has 0 amide bonds. The number of rotatable bonds is 5. The van der Waals surface area contributed by atoms with Crippen molar-refractivity contribution in [2.75, 3.05) is 11.9 Å². The summed E-state index contributed by atoms with van der Waals surface area (Å²) in [6.07, 6.45) is 2.36. The van der Waals surface area contributed by atoms with E-state index in [1.54, 1.807) is 17.5 Å². The van der Waals surface area contributed by atoms with Crippen LogP contribution in [0.15, 0.2) is 35.8 Å². The van der Waals surface area contributed by atoms with E-state index in [1.807, 2.05) is 48.5 Å². The van der Waals surface area contributed by atoms with Gasteiger partial charge < -0.3 is 10.0 Å². The van der Waals surface area contributed by atoms with Crippen LogP contribution in [0.1, 0.15) is 24.8 Å². The first-order valence-corrected chi connectivity index (χ1v) is 6.97. The molecule has 1 aromatic heterocycles. The number of thiazole rings is 1. The van der Waals surface area contributed by atoms with Crippen LogP contribution in [-0.4, -0.2) is 23.1 Å². The average molecular weight is 276 g/mol. The molecule has 0 spiro atoms. The third-order valence-corrected chi connectivity index (χ3v) is 3.94. The predicted octanol–water partition coefficient (Wildman–Crippen LogP) is 3.49. The molecule has 5 heteroatoms. The molecule has 1 unspecified atom stereocenters. The molecule has 0 aliphatic rings. The number of nitrogens with zero attached hydrogens (tertiary/aromatic N) is 2. The van der Waals surface area contributed by atoms with Gasteiger partial charge in [0.25, 0.3) is 0 Å². The quantitative estimate of drug-likeness (QED) is 0.908. The molecule has 0 aliphatic carbocycles. The molecular formula is C14H16N2O2S. The average Bonchev–Trinajstić information content (AvgIpc) is 2.93. The Hall–Kier alpha value is -1.88. The van der Waals surface area contributed by atoms with E-state index in [0.717, 1.165) is 16.4 Å². The highest BCUT2D eigenvalue weighted by molar-refractivity contribution is 7.13. The Balaban J connectivity index is 2.21. The Labute approximate surface area is 116 Å². The largest absolute Gasteiger partial charge is 0.481 e. The lowest BCUT2D eigenvalue weighted by Crippen LogP contribution is -2.12. The Morgan fingerprint density at radius 3 is 2.58 bits per heavy atom. The summed E-state index contributed by atoms with van der Waals surface area (Å²) in [6, 6.07) is 7.62. The smallest absolute Gasteiger partial charge is 0.310 e. The van der Waals surface area contributed by atoms with Crippen LogP contribution in [0.25, 0.3) is 0 Å². The summed E-state index contributed by atoms with van der Waals surface area (Å²) in [7, 11) is 1.95. The number of carboxylic acids is 1. The van der Waals surface area contributed by atoms with Crippen molar-refractivity contribution in [3.8, 4) is 0 Å². The minimum absolute atomic E-state index is 0.431. The fourth-order valence-electron chi connectivity index (χ4n) is 1.98. The third kappa shape index (κ3) is 2.93.